The van der Waals surface area contributed by atoms with Gasteiger partial charge >= 0.3 is 0 Å². The van der Waals surface area contributed by atoms with Crippen molar-refractivity contribution in [2.24, 2.45) is 0 Å². The zero-order valence-electron chi connectivity index (χ0n) is 7.35. The van der Waals surface area contributed by atoms with Crippen LogP contribution in [0.2, 0.25) is 5.28 Å². The van der Waals surface area contributed by atoms with E-state index in [0.717, 1.165) is 5.56 Å². The highest BCUT2D eigenvalue weighted by Crippen LogP contribution is 2.12. The molecule has 0 radical (unpaired) electrons. The highest BCUT2D eigenvalue weighted by molar-refractivity contribution is 6.28. The van der Waals surface area contributed by atoms with Gasteiger partial charge in [-0.05, 0) is 24.9 Å². The largest absolute Gasteiger partial charge is 0.370 e. The number of aryl methyl sites for hydroxylation is 1. The summed E-state index contributed by atoms with van der Waals surface area (Å²) in [6.45, 7) is 2.10. The van der Waals surface area contributed by atoms with Crippen molar-refractivity contribution in [1.82, 2.24) is 9.97 Å². The molecule has 5 heteroatoms. The first-order valence-corrected chi connectivity index (χ1v) is 4.41. The third-order valence-electron chi connectivity index (χ3n) is 1.55. The van der Waals surface area contributed by atoms with E-state index in [0.29, 0.717) is 18.8 Å². The third kappa shape index (κ3) is 3.14. The normalized spacial score (nSPS) is 10.1. The number of hydrogen-bond donors (Lipinski definition) is 1. The smallest absolute Gasteiger partial charge is 0.224 e. The summed E-state index contributed by atoms with van der Waals surface area (Å²) in [4.78, 5) is 7.77. The predicted octanol–water partition coefficient (Wildman–Crippen LogP) is 2.21. The number of hydrogen-bond acceptors (Lipinski definition) is 3. The third-order valence-corrected chi connectivity index (χ3v) is 1.73. The number of halogens is 2. The molecule has 1 N–H and O–H groups in total. The molecule has 13 heavy (non-hydrogen) atoms. The number of nitrogens with zero attached hydrogens (tertiary/aromatic N) is 2. The maximum Gasteiger partial charge on any atom is 0.224 e. The molecule has 0 fully saturated rings. The predicted molar refractivity (Wildman–Crippen MR) is 50.9 cm³/mol. The SMILES string of the molecule is Cc1cnc(Cl)nc1NCCCF. The van der Waals surface area contributed by atoms with Crippen LogP contribution >= 0.6 is 11.6 Å². The molecule has 0 unspecified atom stereocenters. The Morgan fingerprint density at radius 3 is 3.08 bits per heavy atom. The lowest BCUT2D eigenvalue weighted by Gasteiger charge is -2.06. The Bertz CT molecular complexity index is 280. The molecule has 1 rings (SSSR count). The number of alkyl halides is 1. The van der Waals surface area contributed by atoms with E-state index >= 15 is 0 Å². The Hall–Kier alpha value is -0.900. The Labute approximate surface area is 81.3 Å². The first kappa shape index (κ1) is 10.2. The van der Waals surface area contributed by atoms with Gasteiger partial charge in [0.05, 0.1) is 6.67 Å². The maximum atomic E-state index is 11.8. The minimum Gasteiger partial charge on any atom is -0.370 e. The number of aromatic nitrogens is 2. The molecule has 1 aromatic heterocycles. The number of rotatable bonds is 4. The lowest BCUT2D eigenvalue weighted by atomic mass is 10.3. The lowest BCUT2D eigenvalue weighted by Crippen LogP contribution is -2.06. The fourth-order valence-electron chi connectivity index (χ4n) is 0.873. The molecule has 0 aliphatic carbocycles. The van der Waals surface area contributed by atoms with Crippen molar-refractivity contribution < 1.29 is 4.39 Å². The van der Waals surface area contributed by atoms with Crippen LogP contribution in [0.25, 0.3) is 0 Å². The van der Waals surface area contributed by atoms with Gasteiger partial charge in [0.1, 0.15) is 5.82 Å². The summed E-state index contributed by atoms with van der Waals surface area (Å²) in [5.74, 6) is 0.674. The molecular weight excluding hydrogens is 193 g/mol. The first-order valence-electron chi connectivity index (χ1n) is 4.03. The van der Waals surface area contributed by atoms with Gasteiger partial charge in [0, 0.05) is 18.3 Å². The van der Waals surface area contributed by atoms with E-state index in [4.69, 9.17) is 11.6 Å². The summed E-state index contributed by atoms with van der Waals surface area (Å²) in [5.41, 5.74) is 0.906. The Kier molecular flexibility index (Phi) is 3.89. The second-order valence-corrected chi connectivity index (χ2v) is 2.98. The number of anilines is 1. The molecule has 1 heterocycles. The van der Waals surface area contributed by atoms with E-state index in [-0.39, 0.29) is 12.0 Å². The second kappa shape index (κ2) is 4.97. The van der Waals surface area contributed by atoms with Crippen LogP contribution in [0.1, 0.15) is 12.0 Å². The molecule has 0 bridgehead atoms. The monoisotopic (exact) mass is 203 g/mol. The molecule has 1 aromatic rings. The van der Waals surface area contributed by atoms with Crippen LogP contribution in [0.4, 0.5) is 10.2 Å². The van der Waals surface area contributed by atoms with Crippen LogP contribution in [0, 0.1) is 6.92 Å². The molecule has 0 amide bonds. The summed E-state index contributed by atoms with van der Waals surface area (Å²) in [5, 5.41) is 3.18. The second-order valence-electron chi connectivity index (χ2n) is 2.64. The summed E-state index contributed by atoms with van der Waals surface area (Å²) in [7, 11) is 0. The van der Waals surface area contributed by atoms with Gasteiger partial charge in [-0.25, -0.2) is 9.97 Å². The average molecular weight is 204 g/mol. The molecule has 0 atom stereocenters. The molecule has 0 spiro atoms. The topological polar surface area (TPSA) is 37.8 Å². The summed E-state index contributed by atoms with van der Waals surface area (Å²) in [6, 6.07) is 0. The number of nitrogens with one attached hydrogen (secondary N) is 1. The van der Waals surface area contributed by atoms with Crippen LogP contribution in [-0.2, 0) is 0 Å². The van der Waals surface area contributed by atoms with Gasteiger partial charge in [-0.2, -0.15) is 0 Å². The molecule has 0 saturated heterocycles. The van der Waals surface area contributed by atoms with Gasteiger partial charge in [-0.1, -0.05) is 0 Å². The van der Waals surface area contributed by atoms with Gasteiger partial charge < -0.3 is 5.32 Å². The fraction of sp³-hybridized carbons (Fsp3) is 0.500. The minimum atomic E-state index is -0.329. The van der Waals surface area contributed by atoms with Crippen molar-refractivity contribution in [2.45, 2.75) is 13.3 Å². The van der Waals surface area contributed by atoms with E-state index in [1.54, 1.807) is 6.20 Å². The van der Waals surface area contributed by atoms with Crippen LogP contribution in [0.15, 0.2) is 6.20 Å². The molecular formula is C8H11ClFN3. The van der Waals surface area contributed by atoms with E-state index in [2.05, 4.69) is 15.3 Å². The van der Waals surface area contributed by atoms with Crippen molar-refractivity contribution in [3.05, 3.63) is 17.0 Å². The molecule has 0 aliphatic rings. The summed E-state index contributed by atoms with van der Waals surface area (Å²) >= 11 is 5.59. The minimum absolute atomic E-state index is 0.202. The van der Waals surface area contributed by atoms with E-state index in [9.17, 15) is 4.39 Å². The average Bonchev–Trinajstić information content (AvgIpc) is 2.11. The Morgan fingerprint density at radius 1 is 1.62 bits per heavy atom. The zero-order valence-corrected chi connectivity index (χ0v) is 8.10. The molecule has 0 aliphatic heterocycles. The highest BCUT2D eigenvalue weighted by atomic mass is 35.5. The van der Waals surface area contributed by atoms with Crippen LogP contribution < -0.4 is 5.32 Å². The van der Waals surface area contributed by atoms with Crippen molar-refractivity contribution in [3.63, 3.8) is 0 Å². The van der Waals surface area contributed by atoms with E-state index in [1.807, 2.05) is 6.92 Å². The quantitative estimate of drug-likeness (QED) is 0.602. The molecule has 0 saturated carbocycles. The van der Waals surface area contributed by atoms with Gasteiger partial charge in [-0.3, -0.25) is 4.39 Å². The Morgan fingerprint density at radius 2 is 2.38 bits per heavy atom. The summed E-state index contributed by atoms with van der Waals surface area (Å²) < 4.78 is 11.8. The van der Waals surface area contributed by atoms with Crippen molar-refractivity contribution in [1.29, 1.82) is 0 Å². The van der Waals surface area contributed by atoms with Gasteiger partial charge in [0.2, 0.25) is 5.28 Å². The van der Waals surface area contributed by atoms with Crippen LogP contribution in [-0.4, -0.2) is 23.2 Å². The molecule has 72 valence electrons. The van der Waals surface area contributed by atoms with Crippen LogP contribution in [0.5, 0.6) is 0 Å². The molecule has 3 nitrogen and oxygen atoms in total. The van der Waals surface area contributed by atoms with Gasteiger partial charge in [0.15, 0.2) is 0 Å². The Balaban J connectivity index is 2.59. The van der Waals surface area contributed by atoms with Crippen molar-refractivity contribution in [2.75, 3.05) is 18.5 Å². The van der Waals surface area contributed by atoms with Crippen molar-refractivity contribution in [3.8, 4) is 0 Å². The molecule has 0 aromatic carbocycles. The van der Waals surface area contributed by atoms with Gasteiger partial charge in [-0.15, -0.1) is 0 Å². The fourth-order valence-corrected chi connectivity index (χ4v) is 1.01. The van der Waals surface area contributed by atoms with Gasteiger partial charge in [0.25, 0.3) is 0 Å². The highest BCUT2D eigenvalue weighted by Gasteiger charge is 2.00. The van der Waals surface area contributed by atoms with E-state index < -0.39 is 0 Å². The maximum absolute atomic E-state index is 11.8. The standard InChI is InChI=1S/C8H11ClFN3/c1-6-5-12-8(9)13-7(6)11-4-2-3-10/h5H,2-4H2,1H3,(H,11,12,13). The van der Waals surface area contributed by atoms with Crippen molar-refractivity contribution >= 4 is 17.4 Å². The lowest BCUT2D eigenvalue weighted by molar-refractivity contribution is 0.481. The zero-order chi connectivity index (χ0) is 9.68. The first-order chi connectivity index (χ1) is 6.24. The van der Waals surface area contributed by atoms with E-state index in [1.165, 1.54) is 0 Å². The van der Waals surface area contributed by atoms with Crippen LogP contribution in [0.3, 0.4) is 0 Å². The summed E-state index contributed by atoms with van der Waals surface area (Å²) in [6.07, 6.45) is 2.11.